The van der Waals surface area contributed by atoms with Crippen LogP contribution in [0, 0.1) is 11.3 Å². The highest BCUT2D eigenvalue weighted by Gasteiger charge is 2.32. The van der Waals surface area contributed by atoms with Crippen LogP contribution in [0.4, 0.5) is 0 Å². The fourth-order valence-electron chi connectivity index (χ4n) is 2.14. The van der Waals surface area contributed by atoms with Gasteiger partial charge in [0, 0.05) is 12.3 Å². The number of nitrogens with zero attached hydrogens (tertiary/aromatic N) is 4. The number of nitriles is 1. The Morgan fingerprint density at radius 2 is 2.14 bits per heavy atom. The van der Waals surface area contributed by atoms with Crippen LogP contribution in [0.2, 0.25) is 0 Å². The van der Waals surface area contributed by atoms with Crippen molar-refractivity contribution < 1.29 is 19.4 Å². The van der Waals surface area contributed by atoms with Gasteiger partial charge in [0.15, 0.2) is 5.17 Å². The summed E-state index contributed by atoms with van der Waals surface area (Å²) in [5.74, 6) is -0.497. The molecule has 1 fully saturated rings. The molecule has 0 bridgehead atoms. The van der Waals surface area contributed by atoms with Crippen LogP contribution in [0.25, 0.3) is 0 Å². The van der Waals surface area contributed by atoms with Crippen LogP contribution in [-0.2, 0) is 9.59 Å². The molecule has 0 saturated carbocycles. The van der Waals surface area contributed by atoms with E-state index in [1.807, 2.05) is 6.07 Å². The molecule has 1 aromatic carbocycles. The van der Waals surface area contributed by atoms with Crippen LogP contribution in [0.1, 0.15) is 17.5 Å². The number of rotatable bonds is 6. The van der Waals surface area contributed by atoms with E-state index in [1.165, 1.54) is 12.4 Å². The maximum Gasteiger partial charge on any atom is 0.305 e. The molecule has 10 heteroatoms. The molecular formula is C18H13N5O4S. The standard InChI is InChI=1S/C18H13N5O4S/c19-8-12-3-6-15(20-9-12)27-13-4-1-11(2-5-13)10-21-23-18-22-17(26)14(28-18)7-16(24)25/h1-6,9-10,14H,7H2,(H,24,25)(H,22,23,26). The topological polar surface area (TPSA) is 137 Å². The second kappa shape index (κ2) is 8.79. The lowest BCUT2D eigenvalue weighted by Gasteiger charge is -2.04. The molecular weight excluding hydrogens is 382 g/mol. The van der Waals surface area contributed by atoms with Crippen LogP contribution < -0.4 is 10.1 Å². The summed E-state index contributed by atoms with van der Waals surface area (Å²) in [6.45, 7) is 0. The number of aromatic nitrogens is 1. The molecule has 1 aliphatic rings. The number of thioether (sulfide) groups is 1. The van der Waals surface area contributed by atoms with Gasteiger partial charge in [0.2, 0.25) is 11.8 Å². The first-order chi connectivity index (χ1) is 13.5. The number of pyridine rings is 1. The lowest BCUT2D eigenvalue weighted by atomic mass is 10.2. The zero-order valence-electron chi connectivity index (χ0n) is 14.3. The van der Waals surface area contributed by atoms with E-state index in [-0.39, 0.29) is 17.5 Å². The molecule has 1 amide bonds. The third kappa shape index (κ3) is 5.15. The Morgan fingerprint density at radius 3 is 2.79 bits per heavy atom. The van der Waals surface area contributed by atoms with Gasteiger partial charge in [-0.1, -0.05) is 11.8 Å². The van der Waals surface area contributed by atoms with Crippen molar-refractivity contribution in [3.05, 3.63) is 53.7 Å². The number of amidine groups is 1. The average Bonchev–Trinajstić information content (AvgIpc) is 3.02. The zero-order valence-corrected chi connectivity index (χ0v) is 15.1. The highest BCUT2D eigenvalue weighted by atomic mass is 32.2. The molecule has 2 aromatic rings. The summed E-state index contributed by atoms with van der Waals surface area (Å²) in [7, 11) is 0. The number of benzene rings is 1. The maximum atomic E-state index is 11.6. The summed E-state index contributed by atoms with van der Waals surface area (Å²) in [6.07, 6.45) is 2.65. The van der Waals surface area contributed by atoms with E-state index in [0.29, 0.717) is 17.2 Å². The summed E-state index contributed by atoms with van der Waals surface area (Å²) in [6, 6.07) is 12.2. The van der Waals surface area contributed by atoms with E-state index in [1.54, 1.807) is 36.4 Å². The number of ether oxygens (including phenoxy) is 1. The van der Waals surface area contributed by atoms with E-state index in [0.717, 1.165) is 17.3 Å². The first-order valence-electron chi connectivity index (χ1n) is 7.98. The van der Waals surface area contributed by atoms with Gasteiger partial charge in [-0.05, 0) is 35.9 Å². The number of aliphatic carboxylic acids is 1. The second-order valence-electron chi connectivity index (χ2n) is 5.51. The molecule has 1 atom stereocenters. The van der Waals surface area contributed by atoms with Gasteiger partial charge in [0.1, 0.15) is 17.1 Å². The number of carbonyl (C=O) groups is 2. The number of hydrogen-bond donors (Lipinski definition) is 2. The zero-order chi connectivity index (χ0) is 19.9. The summed E-state index contributed by atoms with van der Waals surface area (Å²) in [5.41, 5.74) is 1.20. The number of carbonyl (C=O) groups excluding carboxylic acids is 1. The highest BCUT2D eigenvalue weighted by molar-refractivity contribution is 8.15. The Morgan fingerprint density at radius 1 is 1.36 bits per heavy atom. The van der Waals surface area contributed by atoms with Gasteiger partial charge < -0.3 is 15.2 Å². The predicted octanol–water partition coefficient (Wildman–Crippen LogP) is 2.14. The Kier molecular flexibility index (Phi) is 5.98. The van der Waals surface area contributed by atoms with Crippen LogP contribution in [0.15, 0.2) is 52.8 Å². The summed E-state index contributed by atoms with van der Waals surface area (Å²) >= 11 is 1.04. The Labute approximate surface area is 163 Å². The van der Waals surface area contributed by atoms with Gasteiger partial charge in [-0.3, -0.25) is 9.59 Å². The van der Waals surface area contributed by atoms with Crippen molar-refractivity contribution in [3.63, 3.8) is 0 Å². The first-order valence-corrected chi connectivity index (χ1v) is 8.86. The lowest BCUT2D eigenvalue weighted by Crippen LogP contribution is -2.26. The minimum atomic E-state index is -1.05. The third-order valence-corrected chi connectivity index (χ3v) is 4.53. The molecule has 1 saturated heterocycles. The molecule has 28 heavy (non-hydrogen) atoms. The van der Waals surface area contributed by atoms with Crippen molar-refractivity contribution in [2.24, 2.45) is 10.2 Å². The molecule has 9 nitrogen and oxygen atoms in total. The van der Waals surface area contributed by atoms with Crippen molar-refractivity contribution in [3.8, 4) is 17.7 Å². The number of nitrogens with one attached hydrogen (secondary N) is 1. The Bertz CT molecular complexity index is 981. The quantitative estimate of drug-likeness (QED) is 0.564. The van der Waals surface area contributed by atoms with Gasteiger partial charge in [0.05, 0.1) is 18.2 Å². The van der Waals surface area contributed by atoms with Gasteiger partial charge in [-0.2, -0.15) is 10.4 Å². The number of carboxylic acids is 1. The van der Waals surface area contributed by atoms with Crippen LogP contribution >= 0.6 is 11.8 Å². The monoisotopic (exact) mass is 395 g/mol. The molecule has 3 rings (SSSR count). The molecule has 1 aliphatic heterocycles. The van der Waals surface area contributed by atoms with Crippen molar-refractivity contribution in [1.29, 1.82) is 5.26 Å². The van der Waals surface area contributed by atoms with Crippen molar-refractivity contribution in [2.75, 3.05) is 0 Å². The molecule has 0 spiro atoms. The van der Waals surface area contributed by atoms with E-state index in [4.69, 9.17) is 15.1 Å². The maximum absolute atomic E-state index is 11.6. The number of amides is 1. The highest BCUT2D eigenvalue weighted by Crippen LogP contribution is 2.22. The largest absolute Gasteiger partial charge is 0.481 e. The second-order valence-corrected chi connectivity index (χ2v) is 6.70. The van der Waals surface area contributed by atoms with E-state index >= 15 is 0 Å². The molecule has 2 heterocycles. The normalized spacial score (nSPS) is 17.5. The van der Waals surface area contributed by atoms with Crippen molar-refractivity contribution >= 4 is 35.0 Å². The Balaban J connectivity index is 1.57. The number of hydrogen-bond acceptors (Lipinski definition) is 8. The van der Waals surface area contributed by atoms with Crippen molar-refractivity contribution in [2.45, 2.75) is 11.7 Å². The molecule has 0 radical (unpaired) electrons. The minimum Gasteiger partial charge on any atom is -0.481 e. The smallest absolute Gasteiger partial charge is 0.305 e. The average molecular weight is 395 g/mol. The van der Waals surface area contributed by atoms with E-state index in [2.05, 4.69) is 20.5 Å². The van der Waals surface area contributed by atoms with Crippen LogP contribution in [0.5, 0.6) is 11.6 Å². The SMILES string of the molecule is N#Cc1ccc(Oc2ccc(C=NN=C3NC(=O)C(CC(=O)O)S3)cc2)nc1. The van der Waals surface area contributed by atoms with Gasteiger partial charge in [-0.15, -0.1) is 5.10 Å². The molecule has 1 aromatic heterocycles. The molecule has 0 aliphatic carbocycles. The van der Waals surface area contributed by atoms with E-state index in [9.17, 15) is 9.59 Å². The van der Waals surface area contributed by atoms with Gasteiger partial charge in [-0.25, -0.2) is 4.98 Å². The molecule has 2 N–H and O–H groups in total. The minimum absolute atomic E-state index is 0.263. The predicted molar refractivity (Wildman–Crippen MR) is 102 cm³/mol. The van der Waals surface area contributed by atoms with Gasteiger partial charge >= 0.3 is 5.97 Å². The third-order valence-electron chi connectivity index (χ3n) is 3.46. The summed E-state index contributed by atoms with van der Waals surface area (Å²) < 4.78 is 5.58. The van der Waals surface area contributed by atoms with Crippen molar-refractivity contribution in [1.82, 2.24) is 10.3 Å². The Hall–Kier alpha value is -3.71. The summed E-state index contributed by atoms with van der Waals surface area (Å²) in [4.78, 5) is 26.3. The summed E-state index contributed by atoms with van der Waals surface area (Å²) in [5, 5.41) is 27.4. The molecule has 1 unspecified atom stereocenters. The van der Waals surface area contributed by atoms with E-state index < -0.39 is 11.2 Å². The van der Waals surface area contributed by atoms with Crippen LogP contribution in [0.3, 0.4) is 0 Å². The fourth-order valence-corrected chi connectivity index (χ4v) is 3.06. The van der Waals surface area contributed by atoms with Gasteiger partial charge in [0.25, 0.3) is 0 Å². The van der Waals surface area contributed by atoms with Crippen LogP contribution in [-0.4, -0.2) is 38.6 Å². The molecule has 140 valence electrons. The lowest BCUT2D eigenvalue weighted by molar-refractivity contribution is -0.138. The fraction of sp³-hybridized carbons (Fsp3) is 0.111. The first kappa shape index (κ1) is 19.1. The number of carboxylic acid groups (broad SMARTS) is 1.